The van der Waals surface area contributed by atoms with E-state index in [0.717, 1.165) is 0 Å². The lowest BCUT2D eigenvalue weighted by atomic mass is 9.96. The Bertz CT molecular complexity index is 390. The Hall–Kier alpha value is -0.730. The molecule has 0 N–H and O–H groups in total. The van der Waals surface area contributed by atoms with Crippen molar-refractivity contribution in [3.8, 4) is 0 Å². The van der Waals surface area contributed by atoms with Gasteiger partial charge in [-0.25, -0.2) is 0 Å². The first-order valence-electron chi connectivity index (χ1n) is 5.62. The minimum Gasteiger partial charge on any atom is -0.371 e. The highest BCUT2D eigenvalue weighted by molar-refractivity contribution is 7.87. The van der Waals surface area contributed by atoms with Crippen LogP contribution in [0.5, 0.6) is 0 Å². The maximum absolute atomic E-state index is 11.8. The molecule has 17 heavy (non-hydrogen) atoms. The molecule has 0 radical (unpaired) electrons. The third-order valence-corrected chi connectivity index (χ3v) is 4.83. The molecular formula is C9H15NO6S. The molecule has 1 heterocycles. The molecule has 1 aliphatic heterocycles. The van der Waals surface area contributed by atoms with E-state index in [0.29, 0.717) is 25.9 Å². The number of rotatable bonds is 5. The van der Waals surface area contributed by atoms with E-state index in [1.807, 2.05) is 0 Å². The lowest BCUT2D eigenvalue weighted by Gasteiger charge is -2.23. The summed E-state index contributed by atoms with van der Waals surface area (Å²) in [6, 6.07) is -0.760. The van der Waals surface area contributed by atoms with Crippen LogP contribution >= 0.6 is 0 Å². The monoisotopic (exact) mass is 265 g/mol. The van der Waals surface area contributed by atoms with Crippen LogP contribution in [0, 0.1) is 10.1 Å². The van der Waals surface area contributed by atoms with Crippen LogP contribution in [0.15, 0.2) is 0 Å². The van der Waals surface area contributed by atoms with Crippen LogP contribution in [0.2, 0.25) is 0 Å². The Labute approximate surface area is 99.4 Å². The highest BCUT2D eigenvalue weighted by atomic mass is 32.2. The Kier molecular flexibility index (Phi) is 3.64. The van der Waals surface area contributed by atoms with Crippen LogP contribution < -0.4 is 0 Å². The van der Waals surface area contributed by atoms with E-state index in [-0.39, 0.29) is 19.1 Å². The first-order valence-corrected chi connectivity index (χ1v) is 7.09. The summed E-state index contributed by atoms with van der Waals surface area (Å²) in [4.78, 5) is 10.3. The minimum atomic E-state index is -3.69. The fourth-order valence-electron chi connectivity index (χ4n) is 2.01. The van der Waals surface area contributed by atoms with Crippen molar-refractivity contribution >= 4 is 10.1 Å². The van der Waals surface area contributed by atoms with Gasteiger partial charge in [0.05, 0.1) is 18.5 Å². The van der Waals surface area contributed by atoms with Crippen LogP contribution in [-0.2, 0) is 19.0 Å². The Morgan fingerprint density at radius 3 is 2.71 bits per heavy atom. The molecule has 98 valence electrons. The van der Waals surface area contributed by atoms with Gasteiger partial charge in [-0.15, -0.1) is 0 Å². The Morgan fingerprint density at radius 1 is 1.41 bits per heavy atom. The summed E-state index contributed by atoms with van der Waals surface area (Å²) in [5.74, 6) is 0. The number of hydrogen-bond acceptors (Lipinski definition) is 6. The molecule has 8 heteroatoms. The standard InChI is InChI=1S/C9H15NO6S/c11-10(12)7-2-1-3-9(4-7)17(13,14)16-6-8-5-15-8/h7-9H,1-6H2. The highest BCUT2D eigenvalue weighted by Gasteiger charge is 2.38. The molecule has 1 saturated carbocycles. The zero-order valence-electron chi connectivity index (χ0n) is 9.28. The first-order chi connectivity index (χ1) is 7.99. The van der Waals surface area contributed by atoms with Gasteiger partial charge in [0.25, 0.3) is 10.1 Å². The molecule has 0 aromatic heterocycles. The number of ether oxygens (including phenoxy) is 1. The molecule has 2 rings (SSSR count). The quantitative estimate of drug-likeness (QED) is 0.307. The van der Waals surface area contributed by atoms with Gasteiger partial charge in [-0.05, 0) is 12.8 Å². The van der Waals surface area contributed by atoms with E-state index in [4.69, 9.17) is 8.92 Å². The average Bonchev–Trinajstić information content (AvgIpc) is 3.10. The molecule has 3 unspecified atom stereocenters. The lowest BCUT2D eigenvalue weighted by molar-refractivity contribution is -0.526. The van der Waals surface area contributed by atoms with Crippen LogP contribution in [0.25, 0.3) is 0 Å². The second-order valence-corrected chi connectivity index (χ2v) is 6.35. The van der Waals surface area contributed by atoms with Crippen molar-refractivity contribution in [3.05, 3.63) is 10.1 Å². The van der Waals surface area contributed by atoms with E-state index in [1.165, 1.54) is 0 Å². The van der Waals surface area contributed by atoms with Gasteiger partial charge in [-0.1, -0.05) is 0 Å². The zero-order chi connectivity index (χ0) is 12.5. The smallest absolute Gasteiger partial charge is 0.270 e. The third-order valence-electron chi connectivity index (χ3n) is 3.13. The number of epoxide rings is 1. The molecule has 0 aromatic rings. The second kappa shape index (κ2) is 4.87. The average molecular weight is 265 g/mol. The molecule has 7 nitrogen and oxygen atoms in total. The first kappa shape index (κ1) is 12.7. The maximum Gasteiger partial charge on any atom is 0.270 e. The summed E-state index contributed by atoms with van der Waals surface area (Å²) in [6.45, 7) is 0.555. The molecule has 3 atom stereocenters. The number of nitro groups is 1. The molecule has 0 spiro atoms. The van der Waals surface area contributed by atoms with Crippen molar-refractivity contribution in [1.29, 1.82) is 0 Å². The van der Waals surface area contributed by atoms with Crippen LogP contribution in [-0.4, -0.2) is 44.0 Å². The summed E-state index contributed by atoms with van der Waals surface area (Å²) in [7, 11) is -3.69. The van der Waals surface area contributed by atoms with Gasteiger partial charge < -0.3 is 4.74 Å². The van der Waals surface area contributed by atoms with Crippen LogP contribution in [0.1, 0.15) is 25.7 Å². The van der Waals surface area contributed by atoms with Gasteiger partial charge in [0.15, 0.2) is 0 Å². The fourth-order valence-corrected chi connectivity index (χ4v) is 3.45. The van der Waals surface area contributed by atoms with E-state index in [2.05, 4.69) is 0 Å². The molecule has 2 fully saturated rings. The van der Waals surface area contributed by atoms with Gasteiger partial charge in [0.2, 0.25) is 6.04 Å². The van der Waals surface area contributed by atoms with Crippen molar-refractivity contribution < 1.29 is 22.3 Å². The molecule has 1 saturated heterocycles. The molecule has 2 aliphatic rings. The molecule has 0 amide bonds. The predicted octanol–water partition coefficient (Wildman–Crippen LogP) is 0.319. The summed E-state index contributed by atoms with van der Waals surface area (Å²) >= 11 is 0. The molecule has 0 aromatic carbocycles. The van der Waals surface area contributed by atoms with Crippen molar-refractivity contribution in [2.75, 3.05) is 13.2 Å². The van der Waals surface area contributed by atoms with Crippen molar-refractivity contribution in [2.45, 2.75) is 43.1 Å². The van der Waals surface area contributed by atoms with Crippen molar-refractivity contribution in [3.63, 3.8) is 0 Å². The second-order valence-electron chi connectivity index (χ2n) is 4.46. The fraction of sp³-hybridized carbons (Fsp3) is 1.00. The molecule has 0 bridgehead atoms. The molecule has 1 aliphatic carbocycles. The van der Waals surface area contributed by atoms with E-state index in [1.54, 1.807) is 0 Å². The summed E-state index contributed by atoms with van der Waals surface area (Å²) in [5, 5.41) is 9.91. The number of hydrogen-bond donors (Lipinski definition) is 0. The normalized spacial score (nSPS) is 33.3. The van der Waals surface area contributed by atoms with E-state index in [9.17, 15) is 18.5 Å². The van der Waals surface area contributed by atoms with Gasteiger partial charge >= 0.3 is 0 Å². The summed E-state index contributed by atoms with van der Waals surface area (Å²) in [5.41, 5.74) is 0. The lowest BCUT2D eigenvalue weighted by Crippen LogP contribution is -2.36. The largest absolute Gasteiger partial charge is 0.371 e. The van der Waals surface area contributed by atoms with Crippen LogP contribution in [0.3, 0.4) is 0 Å². The topological polar surface area (TPSA) is 99.0 Å². The van der Waals surface area contributed by atoms with Crippen molar-refractivity contribution in [1.82, 2.24) is 0 Å². The Balaban J connectivity index is 1.92. The van der Waals surface area contributed by atoms with Gasteiger partial charge in [-0.3, -0.25) is 14.3 Å². The van der Waals surface area contributed by atoms with Crippen LogP contribution in [0.4, 0.5) is 0 Å². The summed E-state index contributed by atoms with van der Waals surface area (Å²) < 4.78 is 33.3. The van der Waals surface area contributed by atoms with E-state index < -0.39 is 26.3 Å². The molecular weight excluding hydrogens is 250 g/mol. The number of nitrogens with zero attached hydrogens (tertiary/aromatic N) is 1. The summed E-state index contributed by atoms with van der Waals surface area (Å²) in [6.07, 6.45) is 1.38. The van der Waals surface area contributed by atoms with Gasteiger partial charge in [0, 0.05) is 17.8 Å². The Morgan fingerprint density at radius 2 is 2.12 bits per heavy atom. The third kappa shape index (κ3) is 3.36. The van der Waals surface area contributed by atoms with Gasteiger partial charge in [0.1, 0.15) is 6.10 Å². The highest BCUT2D eigenvalue weighted by Crippen LogP contribution is 2.27. The predicted molar refractivity (Wildman–Crippen MR) is 57.7 cm³/mol. The minimum absolute atomic E-state index is 0.0297. The zero-order valence-corrected chi connectivity index (χ0v) is 10.1. The SMILES string of the molecule is O=[N+]([O-])C1CCCC(S(=O)(=O)OCC2CO2)C1. The maximum atomic E-state index is 11.8. The van der Waals surface area contributed by atoms with E-state index >= 15 is 0 Å². The van der Waals surface area contributed by atoms with Gasteiger partial charge in [-0.2, -0.15) is 8.42 Å². The van der Waals surface area contributed by atoms with Crippen molar-refractivity contribution in [2.24, 2.45) is 0 Å².